The SMILES string of the molecule is CC(=O)OC[C@H]1O[C@@H](ONC(N)=NCCC[C@H](N)C(=O)O)[C@H](OC(C)=O)[C@@H](OC(C)=O)[C@@H]1OC(C)=O. The van der Waals surface area contributed by atoms with Crippen LogP contribution in [0.15, 0.2) is 4.99 Å². The van der Waals surface area contributed by atoms with Gasteiger partial charge in [-0.25, -0.2) is 10.3 Å². The maximum atomic E-state index is 11.8. The number of hydroxylamine groups is 1. The number of esters is 4. The minimum Gasteiger partial charge on any atom is -0.480 e. The predicted octanol–water partition coefficient (Wildman–Crippen LogP) is -1.90. The van der Waals surface area contributed by atoms with E-state index < -0.39 is 73.2 Å². The molecule has 0 unspecified atom stereocenters. The topological polar surface area (TPSA) is 237 Å². The first-order valence-corrected chi connectivity index (χ1v) is 10.8. The van der Waals surface area contributed by atoms with Crippen molar-refractivity contribution in [1.29, 1.82) is 0 Å². The minimum atomic E-state index is -1.50. The molecule has 0 saturated carbocycles. The van der Waals surface area contributed by atoms with E-state index in [0.717, 1.165) is 27.7 Å². The van der Waals surface area contributed by atoms with E-state index in [2.05, 4.69) is 10.5 Å². The number of nitrogens with two attached hydrogens (primary N) is 2. The van der Waals surface area contributed by atoms with Crippen LogP contribution in [0.5, 0.6) is 0 Å². The van der Waals surface area contributed by atoms with Gasteiger partial charge in [-0.05, 0) is 12.8 Å². The van der Waals surface area contributed by atoms with E-state index in [1.165, 1.54) is 0 Å². The Kier molecular flexibility index (Phi) is 12.5. The average molecular weight is 520 g/mol. The van der Waals surface area contributed by atoms with Crippen LogP contribution in [-0.4, -0.2) is 90.8 Å². The first kappa shape index (κ1) is 30.5. The van der Waals surface area contributed by atoms with Crippen LogP contribution in [0.25, 0.3) is 0 Å². The van der Waals surface area contributed by atoms with Crippen LogP contribution in [0.4, 0.5) is 0 Å². The zero-order valence-electron chi connectivity index (χ0n) is 20.3. The van der Waals surface area contributed by atoms with E-state index in [4.69, 9.17) is 45.1 Å². The number of carboxylic acids is 1. The molecule has 16 nitrogen and oxygen atoms in total. The Morgan fingerprint density at radius 2 is 1.50 bits per heavy atom. The van der Waals surface area contributed by atoms with Gasteiger partial charge < -0.3 is 40.3 Å². The van der Waals surface area contributed by atoms with Gasteiger partial charge in [-0.3, -0.25) is 29.0 Å². The number of hydrogen-bond acceptors (Lipinski definition) is 13. The van der Waals surface area contributed by atoms with Gasteiger partial charge in [0.2, 0.25) is 12.2 Å². The summed E-state index contributed by atoms with van der Waals surface area (Å²) in [6.07, 6.45) is -6.41. The summed E-state index contributed by atoms with van der Waals surface area (Å²) in [4.78, 5) is 66.7. The van der Waals surface area contributed by atoms with Gasteiger partial charge >= 0.3 is 29.8 Å². The fraction of sp³-hybridized carbons (Fsp3) is 0.700. The maximum absolute atomic E-state index is 11.8. The zero-order chi connectivity index (χ0) is 27.4. The summed E-state index contributed by atoms with van der Waals surface area (Å²) in [6, 6.07) is -1.04. The van der Waals surface area contributed by atoms with Crippen molar-refractivity contribution < 1.29 is 57.6 Å². The van der Waals surface area contributed by atoms with Crippen molar-refractivity contribution in [3.05, 3.63) is 0 Å². The van der Waals surface area contributed by atoms with Gasteiger partial charge in [-0.1, -0.05) is 0 Å². The summed E-state index contributed by atoms with van der Waals surface area (Å²) < 4.78 is 26.4. The summed E-state index contributed by atoms with van der Waals surface area (Å²) in [5, 5.41) is 8.78. The van der Waals surface area contributed by atoms with Crippen molar-refractivity contribution in [1.82, 2.24) is 5.48 Å². The highest BCUT2D eigenvalue weighted by atomic mass is 16.8. The highest BCUT2D eigenvalue weighted by molar-refractivity contribution is 5.76. The second-order valence-corrected chi connectivity index (χ2v) is 7.64. The van der Waals surface area contributed by atoms with E-state index in [9.17, 15) is 24.0 Å². The molecule has 36 heavy (non-hydrogen) atoms. The zero-order valence-corrected chi connectivity index (χ0v) is 20.3. The van der Waals surface area contributed by atoms with E-state index in [0.29, 0.717) is 6.42 Å². The van der Waals surface area contributed by atoms with E-state index in [1.807, 2.05) is 0 Å². The van der Waals surface area contributed by atoms with E-state index in [1.54, 1.807) is 0 Å². The molecule has 1 fully saturated rings. The molecular weight excluding hydrogens is 488 g/mol. The molecule has 0 aliphatic carbocycles. The molecule has 0 aromatic heterocycles. The average Bonchev–Trinajstić information content (AvgIpc) is 2.76. The molecule has 1 aliphatic heterocycles. The molecule has 1 saturated heterocycles. The Bertz CT molecular complexity index is 836. The molecule has 6 atom stereocenters. The maximum Gasteiger partial charge on any atom is 0.320 e. The van der Waals surface area contributed by atoms with Gasteiger partial charge in [0.15, 0.2) is 18.3 Å². The van der Waals surface area contributed by atoms with Crippen LogP contribution in [0.2, 0.25) is 0 Å². The number of carboxylic acid groups (broad SMARTS) is 1. The molecule has 1 rings (SSSR count). The second kappa shape index (κ2) is 14.8. The lowest BCUT2D eigenvalue weighted by Crippen LogP contribution is -2.63. The molecule has 0 amide bonds. The van der Waals surface area contributed by atoms with Crippen LogP contribution < -0.4 is 16.9 Å². The Hall–Kier alpha value is -3.50. The summed E-state index contributed by atoms with van der Waals surface area (Å²) in [6.45, 7) is 4.09. The summed E-state index contributed by atoms with van der Waals surface area (Å²) in [5.41, 5.74) is 13.4. The summed E-state index contributed by atoms with van der Waals surface area (Å²) >= 11 is 0. The molecule has 0 radical (unpaired) electrons. The van der Waals surface area contributed by atoms with Gasteiger partial charge in [0.25, 0.3) is 0 Å². The van der Waals surface area contributed by atoms with Gasteiger partial charge in [0.1, 0.15) is 18.8 Å². The lowest BCUT2D eigenvalue weighted by Gasteiger charge is -2.43. The minimum absolute atomic E-state index is 0.113. The van der Waals surface area contributed by atoms with Crippen molar-refractivity contribution in [3.63, 3.8) is 0 Å². The number of aliphatic carboxylic acids is 1. The molecule has 1 heterocycles. The van der Waals surface area contributed by atoms with Gasteiger partial charge in [-0.2, -0.15) is 0 Å². The van der Waals surface area contributed by atoms with Gasteiger partial charge in [-0.15, -0.1) is 0 Å². The van der Waals surface area contributed by atoms with Crippen LogP contribution in [0.1, 0.15) is 40.5 Å². The van der Waals surface area contributed by atoms with Crippen molar-refractivity contribution in [3.8, 4) is 0 Å². The number of carbonyl (C=O) groups is 5. The third kappa shape index (κ3) is 10.8. The highest BCUT2D eigenvalue weighted by Crippen LogP contribution is 2.29. The predicted molar refractivity (Wildman–Crippen MR) is 118 cm³/mol. The lowest BCUT2D eigenvalue weighted by molar-refractivity contribution is -0.316. The quantitative estimate of drug-likeness (QED) is 0.0548. The van der Waals surface area contributed by atoms with Crippen molar-refractivity contribution in [2.45, 2.75) is 77.3 Å². The monoisotopic (exact) mass is 520 g/mol. The Labute approximate surface area is 206 Å². The number of nitrogens with one attached hydrogen (secondary N) is 1. The smallest absolute Gasteiger partial charge is 0.320 e. The van der Waals surface area contributed by atoms with Crippen molar-refractivity contribution in [2.24, 2.45) is 16.5 Å². The third-order valence-electron chi connectivity index (χ3n) is 4.50. The highest BCUT2D eigenvalue weighted by Gasteiger charge is 2.53. The fourth-order valence-electron chi connectivity index (χ4n) is 3.07. The Balaban J connectivity index is 3.07. The number of guanidine groups is 1. The standard InChI is InChI=1S/C20H32N4O12/c1-9(25)31-8-14-15(32-10(2)26)16(33-11(3)27)17(34-12(4)28)19(35-14)36-24-20(22)23-7-5-6-13(21)18(29)30/h13-17,19H,5-8,21H2,1-4H3,(H,29,30)(H3,22,23,24)/t13-,14+,15+,16-,17+,19-/m0/s1. The first-order chi connectivity index (χ1) is 16.8. The largest absolute Gasteiger partial charge is 0.480 e. The molecule has 0 aromatic carbocycles. The number of rotatable bonds is 12. The number of carbonyl (C=O) groups excluding carboxylic acids is 4. The van der Waals surface area contributed by atoms with Crippen LogP contribution in [-0.2, 0) is 52.5 Å². The van der Waals surface area contributed by atoms with E-state index >= 15 is 0 Å². The number of ether oxygens (including phenoxy) is 5. The Morgan fingerprint density at radius 1 is 0.944 bits per heavy atom. The fourth-order valence-corrected chi connectivity index (χ4v) is 3.07. The normalized spacial score (nSPS) is 24.7. The number of hydrogen-bond donors (Lipinski definition) is 4. The third-order valence-corrected chi connectivity index (χ3v) is 4.50. The van der Waals surface area contributed by atoms with Crippen LogP contribution in [0.3, 0.4) is 0 Å². The van der Waals surface area contributed by atoms with Gasteiger partial charge in [0.05, 0.1) is 0 Å². The van der Waals surface area contributed by atoms with Crippen molar-refractivity contribution in [2.75, 3.05) is 13.2 Å². The Morgan fingerprint density at radius 3 is 2.03 bits per heavy atom. The summed E-state index contributed by atoms with van der Waals surface area (Å²) in [7, 11) is 0. The molecule has 0 aromatic rings. The summed E-state index contributed by atoms with van der Waals surface area (Å²) in [5.74, 6) is -4.42. The molecule has 0 bridgehead atoms. The molecule has 0 spiro atoms. The van der Waals surface area contributed by atoms with Crippen LogP contribution >= 0.6 is 0 Å². The van der Waals surface area contributed by atoms with E-state index in [-0.39, 0.29) is 18.9 Å². The molecular formula is C20H32N4O12. The second-order valence-electron chi connectivity index (χ2n) is 7.64. The molecule has 16 heteroatoms. The lowest BCUT2D eigenvalue weighted by atomic mass is 9.98. The number of nitrogens with zero attached hydrogens (tertiary/aromatic N) is 1. The molecule has 1 aliphatic rings. The van der Waals surface area contributed by atoms with Crippen molar-refractivity contribution >= 4 is 35.8 Å². The molecule has 6 N–H and O–H groups in total. The molecule has 204 valence electrons. The number of aliphatic imine (C=N–C) groups is 1. The first-order valence-electron chi connectivity index (χ1n) is 10.8. The van der Waals surface area contributed by atoms with Crippen LogP contribution in [0, 0.1) is 0 Å². The van der Waals surface area contributed by atoms with Gasteiger partial charge in [0, 0.05) is 34.2 Å².